The highest BCUT2D eigenvalue weighted by Gasteiger charge is 2.42. The zero-order valence-electron chi connectivity index (χ0n) is 16.4. The van der Waals surface area contributed by atoms with Crippen LogP contribution in [-0.2, 0) is 19.1 Å². The van der Waals surface area contributed by atoms with Crippen molar-refractivity contribution in [1.29, 1.82) is 0 Å². The van der Waals surface area contributed by atoms with E-state index in [1.165, 1.54) is 5.19 Å². The molecular formula is C20H32O4Si. The minimum Gasteiger partial charge on any atom is -0.466 e. The van der Waals surface area contributed by atoms with Gasteiger partial charge in [0.25, 0.3) is 0 Å². The van der Waals surface area contributed by atoms with Crippen molar-refractivity contribution >= 4 is 25.2 Å². The van der Waals surface area contributed by atoms with Crippen molar-refractivity contribution in [1.82, 2.24) is 0 Å². The van der Waals surface area contributed by atoms with Crippen molar-refractivity contribution < 1.29 is 19.1 Å². The first-order chi connectivity index (χ1) is 11.8. The quantitative estimate of drug-likeness (QED) is 0.494. The summed E-state index contributed by atoms with van der Waals surface area (Å²) in [4.78, 5) is 24.6. The summed E-state index contributed by atoms with van der Waals surface area (Å²) >= 11 is 0. The fourth-order valence-electron chi connectivity index (χ4n) is 3.36. The molecule has 0 spiro atoms. The molecule has 3 atom stereocenters. The van der Waals surface area contributed by atoms with Gasteiger partial charge < -0.3 is 9.47 Å². The topological polar surface area (TPSA) is 52.6 Å². The summed E-state index contributed by atoms with van der Waals surface area (Å²) in [5.41, 5.74) is 0.137. The average Bonchev–Trinajstić information content (AvgIpc) is 2.56. The Morgan fingerprint density at radius 1 is 1.00 bits per heavy atom. The summed E-state index contributed by atoms with van der Waals surface area (Å²) < 4.78 is 10.4. The fourth-order valence-corrected chi connectivity index (χ4v) is 6.30. The van der Waals surface area contributed by atoms with Crippen LogP contribution in [0, 0.1) is 11.8 Å². The molecule has 1 aromatic rings. The molecule has 0 amide bonds. The highest BCUT2D eigenvalue weighted by molar-refractivity contribution is 6.91. The van der Waals surface area contributed by atoms with Crippen LogP contribution in [0.25, 0.3) is 0 Å². The van der Waals surface area contributed by atoms with Gasteiger partial charge in [-0.05, 0) is 25.3 Å². The van der Waals surface area contributed by atoms with E-state index < -0.39 is 8.07 Å². The summed E-state index contributed by atoms with van der Waals surface area (Å²) in [6, 6.07) is 10.4. The first-order valence-corrected chi connectivity index (χ1v) is 12.2. The van der Waals surface area contributed by atoms with Crippen molar-refractivity contribution in [3.8, 4) is 0 Å². The molecule has 25 heavy (non-hydrogen) atoms. The Morgan fingerprint density at radius 2 is 1.56 bits per heavy atom. The van der Waals surface area contributed by atoms with Crippen LogP contribution in [0.1, 0.15) is 34.1 Å². The van der Waals surface area contributed by atoms with Gasteiger partial charge in [-0.2, -0.15) is 0 Å². The molecule has 0 N–H and O–H groups in total. The predicted molar refractivity (Wildman–Crippen MR) is 104 cm³/mol. The molecule has 0 fully saturated rings. The highest BCUT2D eigenvalue weighted by Crippen LogP contribution is 2.36. The summed E-state index contributed by atoms with van der Waals surface area (Å²) in [5, 5.41) is 1.31. The summed E-state index contributed by atoms with van der Waals surface area (Å²) in [6.07, 6.45) is 0.237. The number of ether oxygens (including phenoxy) is 2. The third-order valence-electron chi connectivity index (χ3n) is 5.16. The molecule has 0 aromatic heterocycles. The maximum Gasteiger partial charge on any atom is 0.309 e. The molecule has 0 unspecified atom stereocenters. The maximum atomic E-state index is 12.7. The summed E-state index contributed by atoms with van der Waals surface area (Å²) in [7, 11) is -1.92. The molecule has 5 heteroatoms. The minimum absolute atomic E-state index is 0.122. The zero-order chi connectivity index (χ0) is 19.0. The lowest BCUT2D eigenvalue weighted by atomic mass is 9.88. The Hall–Kier alpha value is -1.62. The van der Waals surface area contributed by atoms with Gasteiger partial charge in [0, 0.05) is 6.42 Å². The lowest BCUT2D eigenvalue weighted by molar-refractivity contribution is -0.151. The summed E-state index contributed by atoms with van der Waals surface area (Å²) in [5.74, 6) is -0.895. The number of hydrogen-bond acceptors (Lipinski definition) is 4. The molecule has 0 saturated heterocycles. The molecule has 140 valence electrons. The van der Waals surface area contributed by atoms with Crippen LogP contribution in [0.3, 0.4) is 0 Å². The van der Waals surface area contributed by atoms with Crippen molar-refractivity contribution in [2.75, 3.05) is 13.2 Å². The Kier molecular flexibility index (Phi) is 8.36. The monoisotopic (exact) mass is 364 g/mol. The van der Waals surface area contributed by atoms with Gasteiger partial charge in [0.05, 0.1) is 27.2 Å². The van der Waals surface area contributed by atoms with Crippen LogP contribution in [0.4, 0.5) is 0 Å². The van der Waals surface area contributed by atoms with Crippen molar-refractivity contribution in [2.24, 2.45) is 11.8 Å². The lowest BCUT2D eigenvalue weighted by Gasteiger charge is -2.37. The molecule has 0 saturated carbocycles. The van der Waals surface area contributed by atoms with E-state index in [2.05, 4.69) is 32.2 Å². The second-order valence-electron chi connectivity index (χ2n) is 7.14. The Balaban J connectivity index is 3.09. The van der Waals surface area contributed by atoms with Gasteiger partial charge >= 0.3 is 11.9 Å². The molecule has 0 aliphatic carbocycles. The largest absolute Gasteiger partial charge is 0.466 e. The highest BCUT2D eigenvalue weighted by atomic mass is 28.3. The van der Waals surface area contributed by atoms with Gasteiger partial charge in [0.1, 0.15) is 0 Å². The number of esters is 2. The third kappa shape index (κ3) is 5.70. The molecule has 0 radical (unpaired) electrons. The normalized spacial score (nSPS) is 15.1. The van der Waals surface area contributed by atoms with E-state index in [0.29, 0.717) is 13.2 Å². The van der Waals surface area contributed by atoms with Gasteiger partial charge in [0.15, 0.2) is 0 Å². The molecule has 0 heterocycles. The van der Waals surface area contributed by atoms with Crippen LogP contribution < -0.4 is 5.19 Å². The van der Waals surface area contributed by atoms with Crippen LogP contribution in [0.5, 0.6) is 0 Å². The fraction of sp³-hybridized carbons (Fsp3) is 0.600. The third-order valence-corrected chi connectivity index (χ3v) is 9.62. The smallest absolute Gasteiger partial charge is 0.309 e. The number of hydrogen-bond donors (Lipinski definition) is 0. The Morgan fingerprint density at radius 3 is 2.08 bits per heavy atom. The summed E-state index contributed by atoms with van der Waals surface area (Å²) in [6.45, 7) is 12.9. The van der Waals surface area contributed by atoms with Gasteiger partial charge in [-0.15, -0.1) is 0 Å². The van der Waals surface area contributed by atoms with Crippen LogP contribution >= 0.6 is 0 Å². The lowest BCUT2D eigenvalue weighted by Crippen LogP contribution is -2.50. The SMILES string of the molecule is CCOC(=O)C[C@H](C)[C@H](C(=O)OCC)[C@H](C)[Si](C)(C)c1ccccc1. The van der Waals surface area contributed by atoms with E-state index in [1.807, 2.05) is 32.0 Å². The van der Waals surface area contributed by atoms with E-state index in [9.17, 15) is 9.59 Å². The Bertz CT molecular complexity index is 556. The number of carbonyl (C=O) groups is 2. The van der Waals surface area contributed by atoms with E-state index in [-0.39, 0.29) is 35.7 Å². The number of benzene rings is 1. The van der Waals surface area contributed by atoms with E-state index in [4.69, 9.17) is 9.47 Å². The number of rotatable bonds is 9. The van der Waals surface area contributed by atoms with Crippen LogP contribution in [0.2, 0.25) is 18.6 Å². The molecule has 0 aliphatic rings. The van der Waals surface area contributed by atoms with Crippen LogP contribution in [0.15, 0.2) is 30.3 Å². The van der Waals surface area contributed by atoms with Gasteiger partial charge in [-0.25, -0.2) is 0 Å². The van der Waals surface area contributed by atoms with Crippen molar-refractivity contribution in [3.63, 3.8) is 0 Å². The second-order valence-corrected chi connectivity index (χ2v) is 12.1. The van der Waals surface area contributed by atoms with E-state index >= 15 is 0 Å². The predicted octanol–water partition coefficient (Wildman–Crippen LogP) is 3.76. The molecule has 0 aliphatic heterocycles. The van der Waals surface area contributed by atoms with Gasteiger partial charge in [-0.1, -0.05) is 62.5 Å². The second kappa shape index (κ2) is 9.75. The maximum absolute atomic E-state index is 12.7. The molecule has 1 aromatic carbocycles. The molecule has 1 rings (SSSR count). The van der Waals surface area contributed by atoms with Crippen molar-refractivity contribution in [2.45, 2.75) is 52.8 Å². The first kappa shape index (κ1) is 21.4. The molecular weight excluding hydrogens is 332 g/mol. The zero-order valence-corrected chi connectivity index (χ0v) is 17.4. The van der Waals surface area contributed by atoms with Crippen molar-refractivity contribution in [3.05, 3.63) is 30.3 Å². The van der Waals surface area contributed by atoms with E-state index in [0.717, 1.165) is 0 Å². The molecule has 4 nitrogen and oxygen atoms in total. The standard InChI is InChI=1S/C20H32O4Si/c1-7-23-18(21)14-15(3)19(20(22)24-8-2)16(4)25(5,6)17-12-10-9-11-13-17/h9-13,15-16,19H,7-8,14H2,1-6H3/t15-,16-,19-/m0/s1. The van der Waals surface area contributed by atoms with Gasteiger partial charge in [-0.3, -0.25) is 9.59 Å². The van der Waals surface area contributed by atoms with E-state index in [1.54, 1.807) is 6.92 Å². The van der Waals surface area contributed by atoms with Gasteiger partial charge in [0.2, 0.25) is 0 Å². The molecule has 0 bridgehead atoms. The van der Waals surface area contributed by atoms with Crippen LogP contribution in [-0.4, -0.2) is 33.2 Å². The number of carbonyl (C=O) groups excluding carboxylic acids is 2. The average molecular weight is 365 g/mol. The minimum atomic E-state index is -1.92. The Labute approximate surface area is 152 Å². The first-order valence-electron chi connectivity index (χ1n) is 9.13.